The van der Waals surface area contributed by atoms with Crippen molar-refractivity contribution in [1.29, 1.82) is 0 Å². The van der Waals surface area contributed by atoms with E-state index in [4.69, 9.17) is 21.1 Å². The number of anilines is 2. The molecule has 1 N–H and O–H groups in total. The lowest BCUT2D eigenvalue weighted by Gasteiger charge is -2.23. The largest absolute Gasteiger partial charge is 0.486 e. The van der Waals surface area contributed by atoms with Gasteiger partial charge in [0.2, 0.25) is 0 Å². The molecule has 2 aromatic carbocycles. The molecule has 0 aliphatic heterocycles. The molecular formula is C26H25ClN6O4. The molecule has 0 radical (unpaired) electrons. The van der Waals surface area contributed by atoms with E-state index in [9.17, 15) is 10.1 Å². The molecule has 4 aromatic rings. The molecule has 190 valence electrons. The van der Waals surface area contributed by atoms with Crippen molar-refractivity contribution in [2.45, 2.75) is 25.0 Å². The quantitative estimate of drug-likeness (QED) is 0.217. The van der Waals surface area contributed by atoms with Crippen LogP contribution in [0.25, 0.3) is 10.9 Å². The first-order valence-corrected chi connectivity index (χ1v) is 12.1. The highest BCUT2D eigenvalue weighted by Gasteiger charge is 2.46. The zero-order valence-corrected chi connectivity index (χ0v) is 21.1. The van der Waals surface area contributed by atoms with Gasteiger partial charge >= 0.3 is 5.69 Å². The van der Waals surface area contributed by atoms with Gasteiger partial charge in [-0.25, -0.2) is 9.97 Å². The lowest BCUT2D eigenvalue weighted by Crippen LogP contribution is -2.35. The monoisotopic (exact) mass is 520 g/mol. The Kier molecular flexibility index (Phi) is 6.77. The molecule has 2 heterocycles. The van der Waals surface area contributed by atoms with E-state index in [1.54, 1.807) is 30.5 Å². The molecule has 0 amide bonds. The molecule has 11 heteroatoms. The molecule has 0 bridgehead atoms. The van der Waals surface area contributed by atoms with Crippen molar-refractivity contribution in [1.82, 2.24) is 19.9 Å². The van der Waals surface area contributed by atoms with Gasteiger partial charge in [-0.2, -0.15) is 0 Å². The fourth-order valence-corrected chi connectivity index (χ4v) is 4.21. The van der Waals surface area contributed by atoms with Gasteiger partial charge in [-0.05, 0) is 57.3 Å². The van der Waals surface area contributed by atoms with Crippen LogP contribution in [0.5, 0.6) is 11.5 Å². The van der Waals surface area contributed by atoms with Gasteiger partial charge in [-0.15, -0.1) is 0 Å². The standard InChI is InChI=1S/C26H25ClN6O4/c1-32(2)26(8-9-26)15-37-24-13-21-19(12-22(24)33(34)35)25(30-16-29-21)31-17-6-7-23(20(27)11-17)36-14-18-5-3-4-10-28-18/h3-7,10-13,16H,8-9,14-15H2,1-2H3,(H,29,30,31). The number of hydrogen-bond donors (Lipinski definition) is 1. The number of nitrogens with one attached hydrogen (secondary N) is 1. The zero-order chi connectivity index (χ0) is 26.0. The van der Waals surface area contributed by atoms with Crippen LogP contribution in [0.15, 0.2) is 61.1 Å². The van der Waals surface area contributed by atoms with Crippen LogP contribution in [0.3, 0.4) is 0 Å². The van der Waals surface area contributed by atoms with Crippen molar-refractivity contribution in [2.75, 3.05) is 26.0 Å². The summed E-state index contributed by atoms with van der Waals surface area (Å²) in [6, 6.07) is 13.8. The molecule has 0 saturated heterocycles. The number of likely N-dealkylation sites (N-methyl/N-ethyl adjacent to an activating group) is 1. The predicted octanol–water partition coefficient (Wildman–Crippen LogP) is 5.38. The van der Waals surface area contributed by atoms with E-state index in [-0.39, 0.29) is 23.6 Å². The number of halogens is 1. The number of fused-ring (bicyclic) bond motifs is 1. The zero-order valence-electron chi connectivity index (χ0n) is 20.3. The summed E-state index contributed by atoms with van der Waals surface area (Å²) in [6.07, 6.45) is 5.08. The molecule has 0 spiro atoms. The van der Waals surface area contributed by atoms with Crippen LogP contribution in [0.4, 0.5) is 17.2 Å². The number of rotatable bonds is 10. The van der Waals surface area contributed by atoms with E-state index < -0.39 is 4.92 Å². The summed E-state index contributed by atoms with van der Waals surface area (Å²) in [5.41, 5.74) is 1.73. The van der Waals surface area contributed by atoms with E-state index in [0.717, 1.165) is 18.5 Å². The molecule has 0 unspecified atom stereocenters. The fourth-order valence-electron chi connectivity index (χ4n) is 3.97. The average molecular weight is 521 g/mol. The van der Waals surface area contributed by atoms with Crippen molar-refractivity contribution in [3.63, 3.8) is 0 Å². The number of aromatic nitrogens is 3. The SMILES string of the molecule is CN(C)C1(COc2cc3ncnc(Nc4ccc(OCc5ccccn5)c(Cl)c4)c3cc2[N+](=O)[O-])CC1. The summed E-state index contributed by atoms with van der Waals surface area (Å²) in [4.78, 5) is 26.4. The lowest BCUT2D eigenvalue weighted by molar-refractivity contribution is -0.385. The minimum atomic E-state index is -0.453. The Morgan fingerprint density at radius 1 is 1.08 bits per heavy atom. The first-order valence-electron chi connectivity index (χ1n) is 11.7. The second-order valence-electron chi connectivity index (χ2n) is 9.10. The Bertz CT molecular complexity index is 1450. The highest BCUT2D eigenvalue weighted by atomic mass is 35.5. The Balaban J connectivity index is 1.37. The molecule has 1 aliphatic rings. The number of nitro benzene ring substituents is 1. The van der Waals surface area contributed by atoms with Crippen LogP contribution in [0, 0.1) is 10.1 Å². The van der Waals surface area contributed by atoms with E-state index in [1.807, 2.05) is 32.3 Å². The second-order valence-corrected chi connectivity index (χ2v) is 9.51. The molecule has 0 atom stereocenters. The van der Waals surface area contributed by atoms with Gasteiger partial charge in [0.15, 0.2) is 5.75 Å². The maximum atomic E-state index is 11.9. The van der Waals surface area contributed by atoms with E-state index in [1.165, 1.54) is 12.4 Å². The number of nitrogens with zero attached hydrogens (tertiary/aromatic N) is 5. The van der Waals surface area contributed by atoms with E-state index in [2.05, 4.69) is 25.2 Å². The predicted molar refractivity (Wildman–Crippen MR) is 141 cm³/mol. The number of hydrogen-bond acceptors (Lipinski definition) is 9. The topological polar surface area (TPSA) is 116 Å². The third-order valence-corrected chi connectivity index (χ3v) is 6.78. The fraction of sp³-hybridized carbons (Fsp3) is 0.269. The summed E-state index contributed by atoms with van der Waals surface area (Å²) < 4.78 is 11.7. The summed E-state index contributed by atoms with van der Waals surface area (Å²) in [5, 5.41) is 15.9. The third-order valence-electron chi connectivity index (χ3n) is 6.48. The van der Waals surface area contributed by atoms with E-state index in [0.29, 0.717) is 39.8 Å². The highest BCUT2D eigenvalue weighted by molar-refractivity contribution is 6.32. The van der Waals surface area contributed by atoms with Gasteiger partial charge in [-0.1, -0.05) is 17.7 Å². The van der Waals surface area contributed by atoms with Crippen LogP contribution >= 0.6 is 11.6 Å². The summed E-state index contributed by atoms with van der Waals surface area (Å²) in [6.45, 7) is 0.656. The summed E-state index contributed by atoms with van der Waals surface area (Å²) >= 11 is 6.44. The minimum Gasteiger partial charge on any atom is -0.486 e. The molecule has 1 saturated carbocycles. The number of nitro groups is 1. The lowest BCUT2D eigenvalue weighted by atomic mass is 10.2. The van der Waals surface area contributed by atoms with Crippen molar-refractivity contribution in [2.24, 2.45) is 0 Å². The summed E-state index contributed by atoms with van der Waals surface area (Å²) in [7, 11) is 3.98. The van der Waals surface area contributed by atoms with Crippen molar-refractivity contribution in [3.05, 3.63) is 81.9 Å². The maximum absolute atomic E-state index is 11.9. The Labute approximate surface area is 218 Å². The van der Waals surface area contributed by atoms with Crippen molar-refractivity contribution < 1.29 is 14.4 Å². The molecule has 10 nitrogen and oxygen atoms in total. The first kappa shape index (κ1) is 24.7. The van der Waals surface area contributed by atoms with Crippen LogP contribution in [-0.4, -0.2) is 51.0 Å². The molecule has 37 heavy (non-hydrogen) atoms. The van der Waals surface area contributed by atoms with Crippen LogP contribution < -0.4 is 14.8 Å². The Morgan fingerprint density at radius 3 is 2.59 bits per heavy atom. The molecule has 2 aromatic heterocycles. The Hall–Kier alpha value is -4.02. The summed E-state index contributed by atoms with van der Waals surface area (Å²) in [5.74, 6) is 1.10. The van der Waals surface area contributed by atoms with Crippen molar-refractivity contribution >= 4 is 39.7 Å². The van der Waals surface area contributed by atoms with E-state index >= 15 is 0 Å². The number of ether oxygens (including phenoxy) is 2. The maximum Gasteiger partial charge on any atom is 0.311 e. The normalized spacial score (nSPS) is 13.9. The molecular weight excluding hydrogens is 496 g/mol. The number of benzene rings is 2. The van der Waals surface area contributed by atoms with Gasteiger partial charge in [0.25, 0.3) is 0 Å². The van der Waals surface area contributed by atoms with Gasteiger partial charge in [0.05, 0.1) is 32.1 Å². The minimum absolute atomic E-state index is 0.0754. The van der Waals surface area contributed by atoms with Gasteiger partial charge < -0.3 is 19.7 Å². The van der Waals surface area contributed by atoms with Crippen LogP contribution in [0.2, 0.25) is 5.02 Å². The average Bonchev–Trinajstić information content (AvgIpc) is 3.69. The van der Waals surface area contributed by atoms with Gasteiger partial charge in [0.1, 0.15) is 31.1 Å². The smallest absolute Gasteiger partial charge is 0.311 e. The molecule has 5 rings (SSSR count). The first-order chi connectivity index (χ1) is 17.8. The van der Waals surface area contributed by atoms with Crippen LogP contribution in [-0.2, 0) is 6.61 Å². The van der Waals surface area contributed by atoms with Crippen molar-refractivity contribution in [3.8, 4) is 11.5 Å². The third kappa shape index (κ3) is 5.40. The number of pyridine rings is 1. The van der Waals surface area contributed by atoms with Gasteiger partial charge in [0, 0.05) is 24.0 Å². The molecule has 1 fully saturated rings. The van der Waals surface area contributed by atoms with Gasteiger partial charge in [-0.3, -0.25) is 15.1 Å². The second kappa shape index (κ2) is 10.2. The molecule has 1 aliphatic carbocycles. The Morgan fingerprint density at radius 2 is 1.92 bits per heavy atom. The van der Waals surface area contributed by atoms with Crippen LogP contribution in [0.1, 0.15) is 18.5 Å². The highest BCUT2D eigenvalue weighted by Crippen LogP contribution is 2.42.